The molecule has 2 rings (SSSR count). The third-order valence-electron chi connectivity index (χ3n) is 2.84. The van der Waals surface area contributed by atoms with E-state index in [2.05, 4.69) is 10.0 Å². The van der Waals surface area contributed by atoms with Crippen molar-refractivity contribution < 1.29 is 17.9 Å². The molecule has 1 aromatic rings. The summed E-state index contributed by atoms with van der Waals surface area (Å²) in [6.07, 6.45) is 1.89. The highest BCUT2D eigenvalue weighted by atomic mass is 32.2. The topological polar surface area (TPSA) is 111 Å². The Bertz CT molecular complexity index is 611. The van der Waals surface area contributed by atoms with Gasteiger partial charge in [0, 0.05) is 11.7 Å². The maximum absolute atomic E-state index is 12.1. The van der Waals surface area contributed by atoms with Crippen LogP contribution in [0.15, 0.2) is 23.1 Å². The monoisotopic (exact) mass is 299 g/mol. The van der Waals surface area contributed by atoms with Crippen molar-refractivity contribution in [3.8, 4) is 5.75 Å². The van der Waals surface area contributed by atoms with Crippen LogP contribution in [0.3, 0.4) is 0 Å². The van der Waals surface area contributed by atoms with Crippen LogP contribution < -0.4 is 20.5 Å². The molecule has 7 nitrogen and oxygen atoms in total. The lowest BCUT2D eigenvalue weighted by atomic mass is 10.3. The highest BCUT2D eigenvalue weighted by Crippen LogP contribution is 2.25. The van der Waals surface area contributed by atoms with Crippen LogP contribution >= 0.6 is 0 Å². The molecule has 1 aromatic carbocycles. The van der Waals surface area contributed by atoms with Gasteiger partial charge in [-0.15, -0.1) is 0 Å². The van der Waals surface area contributed by atoms with Gasteiger partial charge < -0.3 is 15.8 Å². The molecule has 1 aliphatic rings. The van der Waals surface area contributed by atoms with Gasteiger partial charge in [0.05, 0.1) is 13.7 Å². The second-order valence-electron chi connectivity index (χ2n) is 4.58. The van der Waals surface area contributed by atoms with Crippen LogP contribution in [0.2, 0.25) is 0 Å². The fourth-order valence-electron chi connectivity index (χ4n) is 1.65. The second-order valence-corrected chi connectivity index (χ2v) is 6.31. The van der Waals surface area contributed by atoms with Crippen molar-refractivity contribution in [1.82, 2.24) is 10.0 Å². The molecule has 1 amide bonds. The number of nitrogens with one attached hydrogen (secondary N) is 2. The van der Waals surface area contributed by atoms with Gasteiger partial charge in [-0.2, -0.15) is 0 Å². The number of amides is 1. The first kappa shape index (κ1) is 14.6. The molecular formula is C12H17N3O4S. The van der Waals surface area contributed by atoms with Gasteiger partial charge in [0.2, 0.25) is 15.9 Å². The molecule has 1 fully saturated rings. The van der Waals surface area contributed by atoms with E-state index in [1.165, 1.54) is 25.3 Å². The standard InChI is InChI=1S/C12H17N3O4S/c1-19-10-5-2-8(13)6-11(10)20(17,18)14-7-12(16)15-9-3-4-9/h2,5-6,9,14H,3-4,7,13H2,1H3,(H,15,16). The van der Waals surface area contributed by atoms with E-state index in [0.29, 0.717) is 5.69 Å². The van der Waals surface area contributed by atoms with Crippen LogP contribution in [0.4, 0.5) is 5.69 Å². The molecule has 0 heterocycles. The largest absolute Gasteiger partial charge is 0.495 e. The second kappa shape index (κ2) is 5.68. The van der Waals surface area contributed by atoms with Crippen LogP contribution in [0.1, 0.15) is 12.8 Å². The third-order valence-corrected chi connectivity index (χ3v) is 4.26. The van der Waals surface area contributed by atoms with Gasteiger partial charge in [-0.25, -0.2) is 13.1 Å². The van der Waals surface area contributed by atoms with Gasteiger partial charge >= 0.3 is 0 Å². The smallest absolute Gasteiger partial charge is 0.244 e. The molecule has 20 heavy (non-hydrogen) atoms. The van der Waals surface area contributed by atoms with E-state index in [1.807, 2.05) is 0 Å². The van der Waals surface area contributed by atoms with Crippen molar-refractivity contribution in [2.24, 2.45) is 0 Å². The Morgan fingerprint density at radius 1 is 1.45 bits per heavy atom. The number of benzene rings is 1. The Morgan fingerprint density at radius 2 is 2.15 bits per heavy atom. The van der Waals surface area contributed by atoms with Gasteiger partial charge in [0.25, 0.3) is 0 Å². The number of sulfonamides is 1. The van der Waals surface area contributed by atoms with E-state index in [9.17, 15) is 13.2 Å². The zero-order valence-electron chi connectivity index (χ0n) is 11.0. The lowest BCUT2D eigenvalue weighted by Gasteiger charge is -2.11. The first-order valence-corrected chi connectivity index (χ1v) is 7.63. The van der Waals surface area contributed by atoms with Crippen molar-refractivity contribution in [2.45, 2.75) is 23.8 Å². The molecule has 1 aliphatic carbocycles. The van der Waals surface area contributed by atoms with Crippen molar-refractivity contribution >= 4 is 21.6 Å². The highest BCUT2D eigenvalue weighted by Gasteiger charge is 2.25. The van der Waals surface area contributed by atoms with Crippen LogP contribution in [-0.4, -0.2) is 34.0 Å². The fraction of sp³-hybridized carbons (Fsp3) is 0.417. The zero-order chi connectivity index (χ0) is 14.8. The summed E-state index contributed by atoms with van der Waals surface area (Å²) in [6.45, 7) is -0.309. The summed E-state index contributed by atoms with van der Waals surface area (Å²) >= 11 is 0. The van der Waals surface area contributed by atoms with E-state index < -0.39 is 10.0 Å². The minimum Gasteiger partial charge on any atom is -0.495 e. The molecule has 0 aliphatic heterocycles. The maximum atomic E-state index is 12.1. The summed E-state index contributed by atoms with van der Waals surface area (Å²) in [7, 11) is -2.49. The van der Waals surface area contributed by atoms with E-state index in [0.717, 1.165) is 12.8 Å². The van der Waals surface area contributed by atoms with E-state index in [4.69, 9.17) is 10.5 Å². The molecule has 110 valence electrons. The van der Waals surface area contributed by atoms with Gasteiger partial charge in [-0.1, -0.05) is 0 Å². The number of anilines is 1. The summed E-state index contributed by atoms with van der Waals surface area (Å²) in [5, 5.41) is 2.70. The number of rotatable bonds is 6. The molecule has 4 N–H and O–H groups in total. The first-order chi connectivity index (χ1) is 9.42. The van der Waals surface area contributed by atoms with Crippen molar-refractivity contribution in [3.05, 3.63) is 18.2 Å². The summed E-state index contributed by atoms with van der Waals surface area (Å²) in [5.41, 5.74) is 5.88. The molecule has 0 aromatic heterocycles. The Hall–Kier alpha value is -1.80. The molecular weight excluding hydrogens is 282 g/mol. The quantitative estimate of drug-likeness (QED) is 0.632. The summed E-state index contributed by atoms with van der Waals surface area (Å²) in [6, 6.07) is 4.49. The molecule has 0 saturated heterocycles. The molecule has 0 bridgehead atoms. The van der Waals surface area contributed by atoms with Crippen LogP contribution in [0.25, 0.3) is 0 Å². The lowest BCUT2D eigenvalue weighted by molar-refractivity contribution is -0.120. The predicted octanol–water partition coefficient (Wildman–Crippen LogP) is -0.166. The van der Waals surface area contributed by atoms with Crippen molar-refractivity contribution in [1.29, 1.82) is 0 Å². The summed E-state index contributed by atoms with van der Waals surface area (Å²) in [5.74, 6) is -0.173. The van der Waals surface area contributed by atoms with Crippen LogP contribution in [0, 0.1) is 0 Å². The van der Waals surface area contributed by atoms with Gasteiger partial charge in [-0.3, -0.25) is 4.79 Å². The summed E-state index contributed by atoms with van der Waals surface area (Å²) in [4.78, 5) is 11.4. The Labute approximate surface area is 117 Å². The fourth-order valence-corrected chi connectivity index (χ4v) is 2.83. The molecule has 0 atom stereocenters. The molecule has 8 heteroatoms. The predicted molar refractivity (Wildman–Crippen MR) is 73.8 cm³/mol. The average molecular weight is 299 g/mol. The van der Waals surface area contributed by atoms with Gasteiger partial charge in [0.1, 0.15) is 10.6 Å². The lowest BCUT2D eigenvalue weighted by Crippen LogP contribution is -2.37. The molecule has 0 unspecified atom stereocenters. The number of nitrogen functional groups attached to an aromatic ring is 1. The normalized spacial score (nSPS) is 14.8. The zero-order valence-corrected chi connectivity index (χ0v) is 11.9. The van der Waals surface area contributed by atoms with Crippen LogP contribution in [0.5, 0.6) is 5.75 Å². The maximum Gasteiger partial charge on any atom is 0.244 e. The minimum atomic E-state index is -3.85. The number of nitrogens with two attached hydrogens (primary N) is 1. The van der Waals surface area contributed by atoms with Crippen molar-refractivity contribution in [2.75, 3.05) is 19.4 Å². The number of ether oxygens (including phenoxy) is 1. The molecule has 1 saturated carbocycles. The number of carbonyl (C=O) groups excluding carboxylic acids is 1. The number of hydrogen-bond acceptors (Lipinski definition) is 5. The van der Waals surface area contributed by atoms with Crippen molar-refractivity contribution in [3.63, 3.8) is 0 Å². The molecule has 0 spiro atoms. The first-order valence-electron chi connectivity index (χ1n) is 6.15. The Balaban J connectivity index is 2.08. The van der Waals surface area contributed by atoms with Crippen LogP contribution in [-0.2, 0) is 14.8 Å². The van der Waals surface area contributed by atoms with E-state index in [-0.39, 0.29) is 29.1 Å². The Morgan fingerprint density at radius 3 is 2.75 bits per heavy atom. The minimum absolute atomic E-state index is 0.0841. The number of methoxy groups -OCH3 is 1. The van der Waals surface area contributed by atoms with E-state index in [1.54, 1.807) is 0 Å². The van der Waals surface area contributed by atoms with E-state index >= 15 is 0 Å². The average Bonchev–Trinajstić information content (AvgIpc) is 3.20. The Kier molecular flexibility index (Phi) is 4.15. The molecule has 0 radical (unpaired) electrons. The SMILES string of the molecule is COc1ccc(N)cc1S(=O)(=O)NCC(=O)NC1CC1. The number of hydrogen-bond donors (Lipinski definition) is 3. The van der Waals surface area contributed by atoms with Gasteiger partial charge in [0.15, 0.2) is 0 Å². The third kappa shape index (κ3) is 3.61. The highest BCUT2D eigenvalue weighted by molar-refractivity contribution is 7.89. The van der Waals surface area contributed by atoms with Gasteiger partial charge in [-0.05, 0) is 31.0 Å². The summed E-state index contributed by atoms with van der Waals surface area (Å²) < 4.78 is 31.5. The number of carbonyl (C=O) groups is 1.